The van der Waals surface area contributed by atoms with Gasteiger partial charge in [0.15, 0.2) is 17.3 Å². The fraction of sp³-hybridized carbons (Fsp3) is 0.200. The van der Waals surface area contributed by atoms with E-state index in [1.807, 2.05) is 78.9 Å². The molecule has 2 aliphatic rings. The molecule has 2 aliphatic heterocycles. The van der Waals surface area contributed by atoms with Crippen LogP contribution in [0.2, 0.25) is 10.0 Å². The number of benzene rings is 5. The van der Waals surface area contributed by atoms with Crippen LogP contribution in [0.15, 0.2) is 137 Å². The van der Waals surface area contributed by atoms with Gasteiger partial charge in [0.05, 0.1) is 37.8 Å². The third-order valence-electron chi connectivity index (χ3n) is 10.7. The fourth-order valence-electron chi connectivity index (χ4n) is 7.17. The van der Waals surface area contributed by atoms with Crippen molar-refractivity contribution in [3.63, 3.8) is 0 Å². The first-order valence-electron chi connectivity index (χ1n) is 20.6. The SMILES string of the molecule is COc1ccc(COC(=O)C2=C(/C=C/c3cc(-c4cc(Cl)c(OCc5ccc(OC)cc5)c(OCc5ccc(OC)cc5)c4Cl)no3)CS[C@@H]3[C@H](NC(=O)Cc4ccccc4)C(=O)N23)cc1. The van der Waals surface area contributed by atoms with Crippen molar-refractivity contribution in [2.24, 2.45) is 0 Å². The maximum absolute atomic E-state index is 13.9. The van der Waals surface area contributed by atoms with Gasteiger partial charge in [-0.15, -0.1) is 11.8 Å². The lowest BCUT2D eigenvalue weighted by Gasteiger charge is -2.49. The van der Waals surface area contributed by atoms with Crippen LogP contribution in [0.1, 0.15) is 28.0 Å². The summed E-state index contributed by atoms with van der Waals surface area (Å²) < 4.78 is 39.9. The molecule has 0 spiro atoms. The number of aromatic nitrogens is 1. The van der Waals surface area contributed by atoms with Crippen LogP contribution in [0.5, 0.6) is 28.7 Å². The summed E-state index contributed by atoms with van der Waals surface area (Å²) in [7, 11) is 4.76. The summed E-state index contributed by atoms with van der Waals surface area (Å²) >= 11 is 15.4. The van der Waals surface area contributed by atoms with E-state index in [9.17, 15) is 14.4 Å². The Balaban J connectivity index is 1.05. The maximum Gasteiger partial charge on any atom is 0.355 e. The van der Waals surface area contributed by atoms with E-state index in [1.165, 1.54) is 16.7 Å². The van der Waals surface area contributed by atoms with Gasteiger partial charge in [-0.05, 0) is 76.4 Å². The second-order valence-electron chi connectivity index (χ2n) is 15.0. The first-order chi connectivity index (χ1) is 32.1. The second kappa shape index (κ2) is 21.0. The Kier molecular flexibility index (Phi) is 14.5. The number of nitrogens with zero attached hydrogens (tertiary/aromatic N) is 2. The molecule has 0 bridgehead atoms. The molecule has 66 heavy (non-hydrogen) atoms. The number of fused-ring (bicyclic) bond motifs is 1. The van der Waals surface area contributed by atoms with Gasteiger partial charge in [0.1, 0.15) is 59.9 Å². The van der Waals surface area contributed by atoms with E-state index in [0.717, 1.165) is 22.3 Å². The average molecular weight is 949 g/mol. The Morgan fingerprint density at radius 1 is 0.758 bits per heavy atom. The van der Waals surface area contributed by atoms with Crippen LogP contribution in [0.3, 0.4) is 0 Å². The van der Waals surface area contributed by atoms with E-state index in [0.29, 0.717) is 45.6 Å². The number of hydrogen-bond donors (Lipinski definition) is 1. The van der Waals surface area contributed by atoms with Gasteiger partial charge in [0, 0.05) is 17.4 Å². The molecule has 1 aromatic heterocycles. The Morgan fingerprint density at radius 2 is 1.33 bits per heavy atom. The number of rotatable bonds is 18. The van der Waals surface area contributed by atoms with E-state index in [-0.39, 0.29) is 59.4 Å². The number of methoxy groups -OCH3 is 3. The number of thioether (sulfide) groups is 1. The smallest absolute Gasteiger partial charge is 0.355 e. The van der Waals surface area contributed by atoms with Crippen molar-refractivity contribution in [1.29, 1.82) is 0 Å². The third-order valence-corrected chi connectivity index (χ3v) is 12.7. The highest BCUT2D eigenvalue weighted by Crippen LogP contribution is 2.48. The van der Waals surface area contributed by atoms with Crippen molar-refractivity contribution in [3.05, 3.63) is 171 Å². The van der Waals surface area contributed by atoms with Crippen LogP contribution in [0.4, 0.5) is 0 Å². The molecule has 8 rings (SSSR count). The van der Waals surface area contributed by atoms with Crippen LogP contribution >= 0.6 is 35.0 Å². The lowest BCUT2D eigenvalue weighted by molar-refractivity contribution is -0.153. The minimum Gasteiger partial charge on any atom is -0.497 e. The van der Waals surface area contributed by atoms with Gasteiger partial charge >= 0.3 is 5.97 Å². The van der Waals surface area contributed by atoms with E-state index < -0.39 is 23.3 Å². The fourth-order valence-corrected chi connectivity index (χ4v) is 9.03. The number of amides is 2. The molecule has 0 aliphatic carbocycles. The zero-order valence-corrected chi connectivity index (χ0v) is 38.3. The second-order valence-corrected chi connectivity index (χ2v) is 16.9. The lowest BCUT2D eigenvalue weighted by atomic mass is 10.0. The highest BCUT2D eigenvalue weighted by Gasteiger charge is 2.54. The number of carbonyl (C=O) groups excluding carboxylic acids is 3. The molecule has 5 aromatic carbocycles. The zero-order valence-electron chi connectivity index (χ0n) is 36.0. The number of halogens is 2. The van der Waals surface area contributed by atoms with Crippen molar-refractivity contribution >= 4 is 58.8 Å². The molecule has 1 N–H and O–H groups in total. The summed E-state index contributed by atoms with van der Waals surface area (Å²) in [5, 5.41) is 7.04. The molecule has 0 saturated carbocycles. The molecule has 16 heteroatoms. The topological polar surface area (TPSA) is 148 Å². The minimum absolute atomic E-state index is 0.0493. The first kappa shape index (κ1) is 45.7. The van der Waals surface area contributed by atoms with Crippen molar-refractivity contribution in [2.45, 2.75) is 37.7 Å². The van der Waals surface area contributed by atoms with Crippen molar-refractivity contribution in [3.8, 4) is 40.0 Å². The Hall–Kier alpha value is -6.87. The molecule has 1 fully saturated rings. The number of nitrogens with one attached hydrogen (secondary N) is 1. The van der Waals surface area contributed by atoms with Gasteiger partial charge in [0.2, 0.25) is 5.91 Å². The first-order valence-corrected chi connectivity index (χ1v) is 22.4. The van der Waals surface area contributed by atoms with Gasteiger partial charge in [0.25, 0.3) is 5.91 Å². The zero-order chi connectivity index (χ0) is 46.2. The molecule has 0 unspecified atom stereocenters. The number of hydrogen-bond acceptors (Lipinski definition) is 12. The van der Waals surface area contributed by atoms with Gasteiger partial charge in [-0.25, -0.2) is 4.79 Å². The van der Waals surface area contributed by atoms with Crippen molar-refractivity contribution in [2.75, 3.05) is 27.1 Å². The summed E-state index contributed by atoms with van der Waals surface area (Å²) in [4.78, 5) is 42.1. The molecular formula is C50H43Cl2N3O10S. The Morgan fingerprint density at radius 3 is 1.92 bits per heavy atom. The van der Waals surface area contributed by atoms with E-state index in [1.54, 1.807) is 69.9 Å². The summed E-state index contributed by atoms with van der Waals surface area (Å²) in [6.07, 6.45) is 3.43. The normalized spacial score (nSPS) is 15.5. The molecule has 2 amide bonds. The highest BCUT2D eigenvalue weighted by atomic mass is 35.5. The molecule has 1 saturated heterocycles. The van der Waals surface area contributed by atoms with Crippen molar-refractivity contribution < 1.29 is 47.3 Å². The minimum atomic E-state index is -0.821. The third kappa shape index (κ3) is 10.5. The molecular weight excluding hydrogens is 906 g/mol. The van der Waals surface area contributed by atoms with E-state index in [4.69, 9.17) is 56.1 Å². The predicted octanol–water partition coefficient (Wildman–Crippen LogP) is 9.49. The van der Waals surface area contributed by atoms with Crippen LogP contribution in [-0.2, 0) is 45.4 Å². The molecule has 6 aromatic rings. The van der Waals surface area contributed by atoms with Crippen LogP contribution in [0, 0.1) is 0 Å². The lowest BCUT2D eigenvalue weighted by Crippen LogP contribution is -2.70. The summed E-state index contributed by atoms with van der Waals surface area (Å²) in [6.45, 7) is 0.246. The summed E-state index contributed by atoms with van der Waals surface area (Å²) in [5.41, 5.74) is 4.58. The van der Waals surface area contributed by atoms with Crippen LogP contribution < -0.4 is 29.0 Å². The number of allylic oxidation sites excluding steroid dienone is 1. The van der Waals surface area contributed by atoms with E-state index >= 15 is 0 Å². The molecule has 338 valence electrons. The maximum atomic E-state index is 13.9. The van der Waals surface area contributed by atoms with E-state index in [2.05, 4.69) is 10.5 Å². The molecule has 3 heterocycles. The quantitative estimate of drug-likeness (QED) is 0.0647. The van der Waals surface area contributed by atoms with Gasteiger partial charge in [-0.3, -0.25) is 14.5 Å². The predicted molar refractivity (Wildman–Crippen MR) is 251 cm³/mol. The standard InChI is InChI=1S/C50H43Cl2N3O10S/c1-59-35-16-9-31(10-17-35)26-62-46-40(51)25-39(43(52)47(46)63-27-32-11-18-36(60-2)19-12-32)41-24-38(65-54-41)22-15-34-29-66-49-44(53-42(56)23-30-7-5-4-6-8-30)48(57)55(49)45(34)50(58)64-28-33-13-20-37(61-3)21-14-33/h4-22,24-25,44,49H,23,26-29H2,1-3H3,(H,53,56)/b22-15+/t44-,49-/m1/s1. The Bertz CT molecular complexity index is 2760. The van der Waals surface area contributed by atoms with Crippen molar-refractivity contribution in [1.82, 2.24) is 15.4 Å². The number of esters is 1. The monoisotopic (exact) mass is 947 g/mol. The van der Waals surface area contributed by atoms with Crippen LogP contribution in [-0.4, -0.2) is 66.3 Å². The average Bonchev–Trinajstić information content (AvgIpc) is 3.83. The molecule has 0 radical (unpaired) electrons. The van der Waals surface area contributed by atoms with Gasteiger partial charge in [-0.1, -0.05) is 101 Å². The molecule has 2 atom stereocenters. The largest absolute Gasteiger partial charge is 0.497 e. The Labute approximate surface area is 395 Å². The highest BCUT2D eigenvalue weighted by molar-refractivity contribution is 8.00. The van der Waals surface area contributed by atoms with Gasteiger partial charge in [-0.2, -0.15) is 0 Å². The summed E-state index contributed by atoms with van der Waals surface area (Å²) in [6, 6.07) is 33.7. The number of ether oxygens (including phenoxy) is 6. The number of carbonyl (C=O) groups is 3. The number of β-lactam (4-membered cyclic amide) rings is 1. The molecule has 13 nitrogen and oxygen atoms in total. The summed E-state index contributed by atoms with van der Waals surface area (Å²) in [5.74, 6) is 1.72. The van der Waals surface area contributed by atoms with Gasteiger partial charge < -0.3 is 38.3 Å². The van der Waals surface area contributed by atoms with Crippen LogP contribution in [0.25, 0.3) is 17.3 Å².